The number of nitrogens with zero attached hydrogens (tertiary/aromatic N) is 4. The number of amides is 1. The van der Waals surface area contributed by atoms with Gasteiger partial charge in [-0.15, -0.1) is 0 Å². The van der Waals surface area contributed by atoms with Crippen LogP contribution in [0.1, 0.15) is 21.6 Å². The Morgan fingerprint density at radius 1 is 0.900 bits per heavy atom. The van der Waals surface area contributed by atoms with E-state index in [1.165, 1.54) is 7.11 Å². The SMILES string of the molecule is COc1ccccc1N1CCN(C(=O)c2nc3cc(C)c(C)cc3nc2OC)CC1. The first-order chi connectivity index (χ1) is 14.5. The van der Waals surface area contributed by atoms with E-state index in [4.69, 9.17) is 9.47 Å². The summed E-state index contributed by atoms with van der Waals surface area (Å²) >= 11 is 0. The van der Waals surface area contributed by atoms with Crippen molar-refractivity contribution in [3.63, 3.8) is 0 Å². The van der Waals surface area contributed by atoms with E-state index in [-0.39, 0.29) is 17.5 Å². The van der Waals surface area contributed by atoms with Gasteiger partial charge in [-0.3, -0.25) is 4.79 Å². The Hall–Kier alpha value is -3.35. The molecule has 0 bridgehead atoms. The van der Waals surface area contributed by atoms with Crippen LogP contribution in [-0.4, -0.2) is 61.2 Å². The first kappa shape index (κ1) is 19.9. The molecule has 1 aromatic heterocycles. The maximum atomic E-state index is 13.2. The molecule has 7 nitrogen and oxygen atoms in total. The minimum atomic E-state index is -0.154. The number of hydrogen-bond donors (Lipinski definition) is 0. The number of piperazine rings is 1. The number of para-hydroxylation sites is 2. The normalized spacial score (nSPS) is 14.1. The lowest BCUT2D eigenvalue weighted by Crippen LogP contribution is -2.49. The van der Waals surface area contributed by atoms with Crippen molar-refractivity contribution in [2.75, 3.05) is 45.3 Å². The van der Waals surface area contributed by atoms with Crippen molar-refractivity contribution in [1.82, 2.24) is 14.9 Å². The summed E-state index contributed by atoms with van der Waals surface area (Å²) in [6.45, 7) is 6.67. The van der Waals surface area contributed by atoms with Gasteiger partial charge in [-0.25, -0.2) is 9.97 Å². The molecule has 2 aromatic carbocycles. The molecule has 0 saturated carbocycles. The number of rotatable bonds is 4. The minimum Gasteiger partial charge on any atom is -0.495 e. The van der Waals surface area contributed by atoms with E-state index in [0.29, 0.717) is 31.7 Å². The van der Waals surface area contributed by atoms with Crippen LogP contribution in [0.2, 0.25) is 0 Å². The van der Waals surface area contributed by atoms with Crippen molar-refractivity contribution in [2.45, 2.75) is 13.8 Å². The van der Waals surface area contributed by atoms with Gasteiger partial charge in [-0.2, -0.15) is 0 Å². The number of benzene rings is 2. The third-order valence-corrected chi connectivity index (χ3v) is 5.64. The fourth-order valence-electron chi connectivity index (χ4n) is 3.77. The Balaban J connectivity index is 1.57. The monoisotopic (exact) mass is 406 g/mol. The molecule has 1 aliphatic heterocycles. The molecule has 156 valence electrons. The average molecular weight is 406 g/mol. The fraction of sp³-hybridized carbons (Fsp3) is 0.348. The van der Waals surface area contributed by atoms with Crippen molar-refractivity contribution in [3.8, 4) is 11.6 Å². The highest BCUT2D eigenvalue weighted by molar-refractivity contribution is 5.96. The maximum Gasteiger partial charge on any atom is 0.278 e. The number of aromatic nitrogens is 2. The molecule has 1 saturated heterocycles. The second-order valence-electron chi connectivity index (χ2n) is 7.46. The van der Waals surface area contributed by atoms with Crippen LogP contribution in [0.25, 0.3) is 11.0 Å². The van der Waals surface area contributed by atoms with Crippen LogP contribution in [0.5, 0.6) is 11.6 Å². The van der Waals surface area contributed by atoms with Gasteiger partial charge in [0.2, 0.25) is 5.88 Å². The van der Waals surface area contributed by atoms with Crippen molar-refractivity contribution >= 4 is 22.6 Å². The molecule has 0 unspecified atom stereocenters. The number of hydrogen-bond acceptors (Lipinski definition) is 6. The molecule has 3 aromatic rings. The Bertz CT molecular complexity index is 1090. The molecule has 0 spiro atoms. The van der Waals surface area contributed by atoms with Crippen molar-refractivity contribution < 1.29 is 14.3 Å². The molecule has 30 heavy (non-hydrogen) atoms. The average Bonchev–Trinajstić information content (AvgIpc) is 2.78. The maximum absolute atomic E-state index is 13.2. The Morgan fingerprint density at radius 3 is 2.17 bits per heavy atom. The highest BCUT2D eigenvalue weighted by Gasteiger charge is 2.27. The van der Waals surface area contributed by atoms with Crippen LogP contribution < -0.4 is 14.4 Å². The minimum absolute atomic E-state index is 0.154. The molecule has 0 radical (unpaired) electrons. The predicted molar refractivity (Wildman–Crippen MR) is 117 cm³/mol. The van der Waals surface area contributed by atoms with Gasteiger partial charge >= 0.3 is 0 Å². The Morgan fingerprint density at radius 2 is 1.53 bits per heavy atom. The van der Waals surface area contributed by atoms with E-state index < -0.39 is 0 Å². The van der Waals surface area contributed by atoms with Gasteiger partial charge in [-0.05, 0) is 49.2 Å². The van der Waals surface area contributed by atoms with E-state index in [1.54, 1.807) is 7.11 Å². The summed E-state index contributed by atoms with van der Waals surface area (Å²) in [5.74, 6) is 0.951. The Kier molecular flexibility index (Phi) is 5.44. The van der Waals surface area contributed by atoms with E-state index in [9.17, 15) is 4.79 Å². The van der Waals surface area contributed by atoms with Crippen molar-refractivity contribution in [3.05, 3.63) is 53.2 Å². The molecule has 7 heteroatoms. The van der Waals surface area contributed by atoms with E-state index in [1.807, 2.05) is 55.1 Å². The van der Waals surface area contributed by atoms with Gasteiger partial charge < -0.3 is 19.3 Å². The summed E-state index contributed by atoms with van der Waals surface area (Å²) in [4.78, 5) is 26.4. The molecular formula is C23H26N4O3. The van der Waals surface area contributed by atoms with E-state index in [2.05, 4.69) is 14.9 Å². The zero-order chi connectivity index (χ0) is 21.3. The van der Waals surface area contributed by atoms with Crippen molar-refractivity contribution in [2.24, 2.45) is 0 Å². The number of anilines is 1. The van der Waals surface area contributed by atoms with Gasteiger partial charge in [0.15, 0.2) is 5.69 Å². The smallest absolute Gasteiger partial charge is 0.278 e. The van der Waals surface area contributed by atoms with Crippen LogP contribution in [0, 0.1) is 13.8 Å². The fourth-order valence-corrected chi connectivity index (χ4v) is 3.77. The van der Waals surface area contributed by atoms with E-state index >= 15 is 0 Å². The molecule has 4 rings (SSSR count). The standard InChI is InChI=1S/C23H26N4O3/c1-15-13-17-18(14-16(15)2)25-22(30-4)21(24-17)23(28)27-11-9-26(10-12-27)19-7-5-6-8-20(19)29-3/h5-8,13-14H,9-12H2,1-4H3. The number of aryl methyl sites for hydroxylation is 2. The summed E-state index contributed by atoms with van der Waals surface area (Å²) in [5.41, 5.74) is 4.98. The van der Waals surface area contributed by atoms with Gasteiger partial charge in [-0.1, -0.05) is 12.1 Å². The summed E-state index contributed by atoms with van der Waals surface area (Å²) in [6, 6.07) is 11.9. The zero-order valence-electron chi connectivity index (χ0n) is 17.8. The lowest BCUT2D eigenvalue weighted by atomic mass is 10.1. The Labute approximate surface area is 176 Å². The molecule has 0 atom stereocenters. The molecule has 2 heterocycles. The van der Waals surface area contributed by atoms with Crippen molar-refractivity contribution in [1.29, 1.82) is 0 Å². The summed E-state index contributed by atoms with van der Waals surface area (Å²) in [7, 11) is 3.19. The van der Waals surface area contributed by atoms with Gasteiger partial charge in [0.25, 0.3) is 5.91 Å². The highest BCUT2D eigenvalue weighted by atomic mass is 16.5. The molecule has 1 amide bonds. The summed E-state index contributed by atoms with van der Waals surface area (Å²) in [6.07, 6.45) is 0. The third-order valence-electron chi connectivity index (χ3n) is 5.64. The number of ether oxygens (including phenoxy) is 2. The second kappa shape index (κ2) is 8.18. The van der Waals surface area contributed by atoms with E-state index in [0.717, 1.165) is 28.1 Å². The van der Waals surface area contributed by atoms with Crippen LogP contribution in [0.15, 0.2) is 36.4 Å². The first-order valence-corrected chi connectivity index (χ1v) is 10.0. The topological polar surface area (TPSA) is 67.8 Å². The lowest BCUT2D eigenvalue weighted by Gasteiger charge is -2.36. The van der Waals surface area contributed by atoms with Crippen LogP contribution in [-0.2, 0) is 0 Å². The zero-order valence-corrected chi connectivity index (χ0v) is 17.8. The largest absolute Gasteiger partial charge is 0.495 e. The number of carbonyl (C=O) groups is 1. The summed E-state index contributed by atoms with van der Waals surface area (Å²) in [5, 5.41) is 0. The number of fused-ring (bicyclic) bond motifs is 1. The quantitative estimate of drug-likeness (QED) is 0.663. The van der Waals surface area contributed by atoms with Crippen LogP contribution in [0.4, 0.5) is 5.69 Å². The summed E-state index contributed by atoms with van der Waals surface area (Å²) < 4.78 is 10.9. The molecule has 1 aliphatic rings. The van der Waals surface area contributed by atoms with Gasteiger partial charge in [0, 0.05) is 26.2 Å². The lowest BCUT2D eigenvalue weighted by molar-refractivity contribution is 0.0736. The molecule has 1 fully saturated rings. The first-order valence-electron chi connectivity index (χ1n) is 10.0. The highest BCUT2D eigenvalue weighted by Crippen LogP contribution is 2.29. The molecule has 0 N–H and O–H groups in total. The van der Waals surface area contributed by atoms with Gasteiger partial charge in [0.1, 0.15) is 5.75 Å². The number of methoxy groups -OCH3 is 2. The predicted octanol–water partition coefficient (Wildman–Crippen LogP) is 3.23. The van der Waals surface area contributed by atoms with Crippen LogP contribution >= 0.6 is 0 Å². The molecular weight excluding hydrogens is 380 g/mol. The molecule has 0 aliphatic carbocycles. The third kappa shape index (κ3) is 3.63. The second-order valence-corrected chi connectivity index (χ2v) is 7.46. The number of carbonyl (C=O) groups excluding carboxylic acids is 1. The van der Waals surface area contributed by atoms with Crippen LogP contribution in [0.3, 0.4) is 0 Å². The van der Waals surface area contributed by atoms with Gasteiger partial charge in [0.05, 0.1) is 30.9 Å².